The van der Waals surface area contributed by atoms with Gasteiger partial charge in [-0.2, -0.15) is 0 Å². The van der Waals surface area contributed by atoms with Gasteiger partial charge in [0.15, 0.2) is 0 Å². The molecule has 1 unspecified atom stereocenters. The van der Waals surface area contributed by atoms with Crippen LogP contribution in [0.25, 0.3) is 0 Å². The molecule has 1 aromatic carbocycles. The largest absolute Gasteiger partial charge is 0.493 e. The van der Waals surface area contributed by atoms with Crippen molar-refractivity contribution in [2.45, 2.75) is 85.2 Å². The molecule has 0 bridgehead atoms. The van der Waals surface area contributed by atoms with E-state index in [1.54, 1.807) is 0 Å². The Morgan fingerprint density at radius 2 is 1.64 bits per heavy atom. The maximum absolute atomic E-state index is 10.3. The zero-order valence-electron chi connectivity index (χ0n) is 15.7. The quantitative estimate of drug-likeness (QED) is 0.726. The average molecular weight is 306 g/mol. The molecule has 2 nitrogen and oxygen atoms in total. The number of rotatable bonds is 5. The van der Waals surface area contributed by atoms with Crippen LogP contribution < -0.4 is 4.74 Å². The van der Waals surface area contributed by atoms with Crippen LogP contribution in [0, 0.1) is 0 Å². The van der Waals surface area contributed by atoms with Crippen LogP contribution in [-0.2, 0) is 10.8 Å². The normalized spacial score (nSPS) is 14.0. The van der Waals surface area contributed by atoms with E-state index >= 15 is 0 Å². The van der Waals surface area contributed by atoms with Gasteiger partial charge < -0.3 is 9.84 Å². The van der Waals surface area contributed by atoms with Crippen LogP contribution in [0.1, 0.15) is 91.0 Å². The van der Waals surface area contributed by atoms with E-state index < -0.39 is 6.10 Å². The van der Waals surface area contributed by atoms with Gasteiger partial charge in [0.2, 0.25) is 0 Å². The molecule has 1 N–H and O–H groups in total. The number of aliphatic hydroxyl groups is 1. The third-order valence-electron chi connectivity index (χ3n) is 3.99. The van der Waals surface area contributed by atoms with Gasteiger partial charge in [0.05, 0.1) is 12.7 Å². The van der Waals surface area contributed by atoms with E-state index in [1.807, 2.05) is 6.92 Å². The molecule has 0 aliphatic rings. The van der Waals surface area contributed by atoms with Gasteiger partial charge in [-0.05, 0) is 35.8 Å². The molecule has 1 aromatic rings. The molecule has 1 rings (SSSR count). The standard InChI is InChI=1S/C20H34O2/c1-9-10-11-22-18-16(14(2)21)12-15(19(3,4)5)13-17(18)20(6,7)8/h12-14,21H,9-11H2,1-8H3. The molecule has 0 saturated carbocycles. The van der Waals surface area contributed by atoms with E-state index in [1.165, 1.54) is 11.1 Å². The first kappa shape index (κ1) is 19.0. The molecule has 126 valence electrons. The minimum atomic E-state index is -0.528. The number of aliphatic hydroxyl groups excluding tert-OH is 1. The zero-order chi connectivity index (χ0) is 17.1. The van der Waals surface area contributed by atoms with Gasteiger partial charge in [-0.3, -0.25) is 0 Å². The highest BCUT2D eigenvalue weighted by Gasteiger charge is 2.27. The van der Waals surface area contributed by atoms with Crippen LogP contribution >= 0.6 is 0 Å². The lowest BCUT2D eigenvalue weighted by molar-refractivity contribution is 0.189. The molecule has 0 spiro atoms. The van der Waals surface area contributed by atoms with Gasteiger partial charge in [0.1, 0.15) is 5.75 Å². The smallest absolute Gasteiger partial charge is 0.128 e. The molecule has 0 aliphatic heterocycles. The summed E-state index contributed by atoms with van der Waals surface area (Å²) in [5.41, 5.74) is 3.37. The van der Waals surface area contributed by atoms with Crippen molar-refractivity contribution in [2.75, 3.05) is 6.61 Å². The van der Waals surface area contributed by atoms with Gasteiger partial charge in [-0.1, -0.05) is 61.0 Å². The Kier molecular flexibility index (Phi) is 6.09. The van der Waals surface area contributed by atoms with E-state index in [2.05, 4.69) is 60.6 Å². The fourth-order valence-electron chi connectivity index (χ4n) is 2.43. The highest BCUT2D eigenvalue weighted by Crippen LogP contribution is 2.40. The topological polar surface area (TPSA) is 29.5 Å². The third-order valence-corrected chi connectivity index (χ3v) is 3.99. The molecule has 0 heterocycles. The molecule has 2 heteroatoms. The maximum atomic E-state index is 10.3. The molecule has 0 amide bonds. The maximum Gasteiger partial charge on any atom is 0.128 e. The molecule has 22 heavy (non-hydrogen) atoms. The number of hydrogen-bond acceptors (Lipinski definition) is 2. The highest BCUT2D eigenvalue weighted by molar-refractivity contribution is 5.50. The summed E-state index contributed by atoms with van der Waals surface area (Å²) < 4.78 is 6.10. The molecule has 0 aliphatic carbocycles. The monoisotopic (exact) mass is 306 g/mol. The molecule has 0 aromatic heterocycles. The van der Waals surface area contributed by atoms with Gasteiger partial charge in [-0.25, -0.2) is 0 Å². The van der Waals surface area contributed by atoms with Crippen LogP contribution in [0.5, 0.6) is 5.75 Å². The second-order valence-electron chi connectivity index (χ2n) is 8.32. The number of unbranched alkanes of at least 4 members (excludes halogenated alkanes) is 1. The summed E-state index contributed by atoms with van der Waals surface area (Å²) in [5, 5.41) is 10.3. The summed E-state index contributed by atoms with van der Waals surface area (Å²) in [6.07, 6.45) is 1.61. The first-order valence-electron chi connectivity index (χ1n) is 8.48. The third kappa shape index (κ3) is 4.74. The van der Waals surface area contributed by atoms with Crippen molar-refractivity contribution < 1.29 is 9.84 Å². The lowest BCUT2D eigenvalue weighted by atomic mass is 9.78. The van der Waals surface area contributed by atoms with E-state index in [-0.39, 0.29) is 10.8 Å². The Morgan fingerprint density at radius 1 is 1.05 bits per heavy atom. The van der Waals surface area contributed by atoms with E-state index in [0.717, 1.165) is 24.2 Å². The summed E-state index contributed by atoms with van der Waals surface area (Å²) in [6, 6.07) is 4.37. The Morgan fingerprint density at radius 3 is 2.05 bits per heavy atom. The SMILES string of the molecule is CCCCOc1c(C(C)O)cc(C(C)(C)C)cc1C(C)(C)C. The van der Waals surface area contributed by atoms with Gasteiger partial charge in [0, 0.05) is 11.1 Å². The van der Waals surface area contributed by atoms with Crippen molar-refractivity contribution in [1.82, 2.24) is 0 Å². The average Bonchev–Trinajstić information content (AvgIpc) is 2.36. The lowest BCUT2D eigenvalue weighted by Crippen LogP contribution is -2.20. The molecular formula is C20H34O2. The summed E-state index contributed by atoms with van der Waals surface area (Å²) >= 11 is 0. The summed E-state index contributed by atoms with van der Waals surface area (Å²) in [5.74, 6) is 0.879. The van der Waals surface area contributed by atoms with Gasteiger partial charge in [-0.15, -0.1) is 0 Å². The Labute approximate surface area is 136 Å². The fourth-order valence-corrected chi connectivity index (χ4v) is 2.43. The summed E-state index contributed by atoms with van der Waals surface area (Å²) in [6.45, 7) is 17.9. The molecular weight excluding hydrogens is 272 g/mol. The predicted molar refractivity (Wildman–Crippen MR) is 94.9 cm³/mol. The Balaban J connectivity index is 3.49. The summed E-state index contributed by atoms with van der Waals surface area (Å²) in [7, 11) is 0. The minimum absolute atomic E-state index is 0.0214. The first-order chi connectivity index (χ1) is 9.98. The highest BCUT2D eigenvalue weighted by atomic mass is 16.5. The van der Waals surface area contributed by atoms with Crippen molar-refractivity contribution in [3.63, 3.8) is 0 Å². The van der Waals surface area contributed by atoms with E-state index in [9.17, 15) is 5.11 Å². The molecule has 1 atom stereocenters. The number of hydrogen-bond donors (Lipinski definition) is 1. The van der Waals surface area contributed by atoms with E-state index in [4.69, 9.17) is 4.74 Å². The molecule has 0 fully saturated rings. The Hall–Kier alpha value is -1.02. The second kappa shape index (κ2) is 7.04. The van der Waals surface area contributed by atoms with Crippen molar-refractivity contribution in [1.29, 1.82) is 0 Å². The van der Waals surface area contributed by atoms with Crippen molar-refractivity contribution in [3.05, 3.63) is 28.8 Å². The fraction of sp³-hybridized carbons (Fsp3) is 0.700. The van der Waals surface area contributed by atoms with Gasteiger partial charge >= 0.3 is 0 Å². The molecule has 0 radical (unpaired) electrons. The van der Waals surface area contributed by atoms with Crippen LogP contribution in [0.15, 0.2) is 12.1 Å². The number of benzene rings is 1. The van der Waals surface area contributed by atoms with Gasteiger partial charge in [0.25, 0.3) is 0 Å². The van der Waals surface area contributed by atoms with Crippen LogP contribution in [-0.4, -0.2) is 11.7 Å². The minimum Gasteiger partial charge on any atom is -0.493 e. The predicted octanol–water partition coefficient (Wildman–Crippen LogP) is 5.51. The molecule has 0 saturated heterocycles. The number of ether oxygens (including phenoxy) is 1. The van der Waals surface area contributed by atoms with Crippen molar-refractivity contribution in [2.24, 2.45) is 0 Å². The van der Waals surface area contributed by atoms with Crippen LogP contribution in [0.3, 0.4) is 0 Å². The summed E-state index contributed by atoms with van der Waals surface area (Å²) in [4.78, 5) is 0. The first-order valence-corrected chi connectivity index (χ1v) is 8.48. The zero-order valence-corrected chi connectivity index (χ0v) is 15.7. The second-order valence-corrected chi connectivity index (χ2v) is 8.32. The van der Waals surface area contributed by atoms with Crippen LogP contribution in [0.2, 0.25) is 0 Å². The van der Waals surface area contributed by atoms with Crippen molar-refractivity contribution >= 4 is 0 Å². The van der Waals surface area contributed by atoms with E-state index in [0.29, 0.717) is 6.61 Å². The van der Waals surface area contributed by atoms with Crippen molar-refractivity contribution in [3.8, 4) is 5.75 Å². The lowest BCUT2D eigenvalue weighted by Gasteiger charge is -2.30. The van der Waals surface area contributed by atoms with Crippen LogP contribution in [0.4, 0.5) is 0 Å². The Bertz CT molecular complexity index is 488.